The molecule has 1 aromatic rings. The van der Waals surface area contributed by atoms with Crippen LogP contribution in [0.4, 0.5) is 11.4 Å². The summed E-state index contributed by atoms with van der Waals surface area (Å²) in [4.78, 5) is 29.2. The zero-order valence-electron chi connectivity index (χ0n) is 9.49. The molecular formula is C10H10N2O5W. The zero-order chi connectivity index (χ0) is 13.4. The number of nitro benzene ring substituents is 2. The maximum absolute atomic E-state index is 10.3. The third kappa shape index (κ3) is 6.20. The molecular weight excluding hydrogens is 412 g/mol. The maximum Gasteiger partial charge on any atom is 2.00 e. The van der Waals surface area contributed by atoms with Gasteiger partial charge in [0.25, 0.3) is 0 Å². The second-order valence-electron chi connectivity index (χ2n) is 2.85. The van der Waals surface area contributed by atoms with Crippen LogP contribution in [0, 0.1) is 27.2 Å². The minimum absolute atomic E-state index is 0. The van der Waals surface area contributed by atoms with Gasteiger partial charge in [-0.1, -0.05) is 19.1 Å². The van der Waals surface area contributed by atoms with Gasteiger partial charge in [0.2, 0.25) is 11.4 Å². The predicted molar refractivity (Wildman–Crippen MR) is 60.2 cm³/mol. The summed E-state index contributed by atoms with van der Waals surface area (Å²) in [7, 11) is 0. The fourth-order valence-corrected chi connectivity index (χ4v) is 0.865. The van der Waals surface area contributed by atoms with Gasteiger partial charge in [-0.25, -0.2) is 0 Å². The molecule has 0 spiro atoms. The van der Waals surface area contributed by atoms with Crippen molar-refractivity contribution in [3.8, 4) is 0 Å². The van der Waals surface area contributed by atoms with E-state index in [4.69, 9.17) is 0 Å². The van der Waals surface area contributed by atoms with Crippen molar-refractivity contribution in [3.63, 3.8) is 0 Å². The van der Waals surface area contributed by atoms with E-state index in [1.807, 2.05) is 6.92 Å². The molecule has 0 saturated carbocycles. The number of nitrogens with zero attached hydrogens (tertiary/aromatic N) is 2. The average Bonchev–Trinajstić information content (AvgIpc) is 2.29. The normalized spacial score (nSPS) is 8.33. The summed E-state index contributed by atoms with van der Waals surface area (Å²) in [6.45, 7) is 5.50. The Morgan fingerprint density at radius 1 is 1.17 bits per heavy atom. The summed E-state index contributed by atoms with van der Waals surface area (Å²) in [6, 6.07) is 2.61. The van der Waals surface area contributed by atoms with Gasteiger partial charge in [0.15, 0.2) is 0 Å². The molecule has 0 atom stereocenters. The molecule has 0 heterocycles. The summed E-state index contributed by atoms with van der Waals surface area (Å²) >= 11 is 0. The van der Waals surface area contributed by atoms with Gasteiger partial charge >= 0.3 is 21.1 Å². The van der Waals surface area contributed by atoms with Gasteiger partial charge in [0, 0.05) is 9.85 Å². The molecule has 18 heavy (non-hydrogen) atoms. The van der Waals surface area contributed by atoms with Gasteiger partial charge in [0.1, 0.15) is 0 Å². The number of carbonyl (C=O) groups excluding carboxylic acids is 1. The number of non-ortho nitro benzene ring substituents is 2. The van der Waals surface area contributed by atoms with Crippen LogP contribution in [0.25, 0.3) is 0 Å². The van der Waals surface area contributed by atoms with Crippen LogP contribution in [0.3, 0.4) is 0 Å². The Morgan fingerprint density at radius 3 is 1.72 bits per heavy atom. The van der Waals surface area contributed by atoms with Crippen LogP contribution in [0.1, 0.15) is 18.9 Å². The molecule has 0 aromatic heterocycles. The first kappa shape index (κ1) is 18.7. The van der Waals surface area contributed by atoms with Crippen LogP contribution in [0.15, 0.2) is 18.2 Å². The van der Waals surface area contributed by atoms with E-state index in [0.717, 1.165) is 24.6 Å². The third-order valence-electron chi connectivity index (χ3n) is 1.44. The van der Waals surface area contributed by atoms with E-state index in [-0.39, 0.29) is 26.6 Å². The fourth-order valence-electron chi connectivity index (χ4n) is 0.865. The van der Waals surface area contributed by atoms with E-state index in [2.05, 4.69) is 6.92 Å². The number of nitro groups is 2. The second kappa shape index (κ2) is 9.41. The van der Waals surface area contributed by atoms with Gasteiger partial charge in [-0.15, -0.1) is 5.56 Å². The van der Waals surface area contributed by atoms with Crippen LogP contribution in [-0.2, 0) is 25.9 Å². The van der Waals surface area contributed by atoms with Crippen molar-refractivity contribution in [2.75, 3.05) is 0 Å². The molecule has 0 bridgehead atoms. The quantitative estimate of drug-likeness (QED) is 0.422. The van der Waals surface area contributed by atoms with E-state index < -0.39 is 21.2 Å². The minimum atomic E-state index is -0.812. The van der Waals surface area contributed by atoms with Gasteiger partial charge in [-0.3, -0.25) is 20.2 Å². The Balaban J connectivity index is 0. The molecule has 0 N–H and O–H groups in total. The van der Waals surface area contributed by atoms with E-state index in [1.54, 1.807) is 0 Å². The van der Waals surface area contributed by atoms with Crippen LogP contribution in [0.5, 0.6) is 0 Å². The molecule has 0 aliphatic carbocycles. The van der Waals surface area contributed by atoms with Gasteiger partial charge in [-0.2, -0.15) is 6.42 Å². The molecule has 1 aromatic carbocycles. The second-order valence-corrected chi connectivity index (χ2v) is 2.85. The summed E-state index contributed by atoms with van der Waals surface area (Å²) in [5.74, 6) is 0. The molecule has 0 radical (unpaired) electrons. The van der Waals surface area contributed by atoms with Gasteiger partial charge in [0.05, 0.1) is 12.4 Å². The monoisotopic (exact) mass is 422 g/mol. The van der Waals surface area contributed by atoms with Gasteiger partial charge in [-0.05, 0) is 0 Å². The molecule has 0 aliphatic heterocycles. The predicted octanol–water partition coefficient (Wildman–Crippen LogP) is 2.19. The van der Waals surface area contributed by atoms with Crippen LogP contribution < -0.4 is 0 Å². The maximum atomic E-state index is 10.3. The minimum Gasteiger partial charge on any atom is -0.376 e. The Kier molecular flexibility index (Phi) is 9.80. The molecule has 0 unspecified atom stereocenters. The zero-order valence-corrected chi connectivity index (χ0v) is 12.4. The summed E-state index contributed by atoms with van der Waals surface area (Å²) in [5, 5.41) is 20.6. The van der Waals surface area contributed by atoms with Crippen molar-refractivity contribution >= 4 is 17.7 Å². The van der Waals surface area contributed by atoms with Crippen LogP contribution in [-0.4, -0.2) is 16.1 Å². The summed E-state index contributed by atoms with van der Waals surface area (Å²) in [5.41, 5.74) is -1.22. The molecule has 0 amide bonds. The molecule has 1 rings (SSSR count). The number of rotatable bonds is 3. The van der Waals surface area contributed by atoms with Crippen molar-refractivity contribution < 1.29 is 35.7 Å². The molecule has 0 aliphatic rings. The fraction of sp³-hybridized carbons (Fsp3) is 0.200. The Hall–Kier alpha value is -1.62. The van der Waals surface area contributed by atoms with Crippen LogP contribution in [0.2, 0.25) is 0 Å². The first-order valence-corrected chi connectivity index (χ1v) is 4.57. The van der Waals surface area contributed by atoms with E-state index in [1.165, 1.54) is 6.29 Å². The van der Waals surface area contributed by atoms with Crippen molar-refractivity contribution in [2.45, 2.75) is 13.3 Å². The van der Waals surface area contributed by atoms with Crippen molar-refractivity contribution in [1.29, 1.82) is 0 Å². The average molecular weight is 422 g/mol. The molecule has 96 valence electrons. The summed E-state index contributed by atoms with van der Waals surface area (Å²) < 4.78 is 0. The molecule has 0 fully saturated rings. The first-order valence-electron chi connectivity index (χ1n) is 4.57. The molecule has 7 nitrogen and oxygen atoms in total. The summed E-state index contributed by atoms with van der Waals surface area (Å²) in [6.07, 6.45) is 2.36. The van der Waals surface area contributed by atoms with E-state index >= 15 is 0 Å². The van der Waals surface area contributed by atoms with Crippen molar-refractivity contribution in [3.05, 3.63) is 50.9 Å². The number of benzene rings is 1. The molecule has 0 saturated heterocycles. The number of hydrogen-bond acceptors (Lipinski definition) is 5. The first-order chi connectivity index (χ1) is 7.96. The van der Waals surface area contributed by atoms with E-state index in [9.17, 15) is 25.0 Å². The SMILES string of the molecule is O=[C-]c1cc([N+](=O)[O-])cc([N+](=O)[O-])c1.[CH2-]CC.[W+2]. The van der Waals surface area contributed by atoms with Crippen LogP contribution >= 0.6 is 0 Å². The van der Waals surface area contributed by atoms with Crippen molar-refractivity contribution in [2.24, 2.45) is 0 Å². The largest absolute Gasteiger partial charge is 2.00 e. The topological polar surface area (TPSA) is 103 Å². The van der Waals surface area contributed by atoms with Gasteiger partial charge < -0.3 is 11.7 Å². The Morgan fingerprint density at radius 2 is 1.50 bits per heavy atom. The Labute approximate surface area is 118 Å². The number of hydrogen-bond donors (Lipinski definition) is 0. The standard InChI is InChI=1S/C7H3N2O5.C3H7.W/c10-4-5-1-6(8(11)12)3-7(2-5)9(13)14;1-3-2;/h1-3H;1,3H2,2H3;/q2*-1;+2. The third-order valence-corrected chi connectivity index (χ3v) is 1.44. The van der Waals surface area contributed by atoms with Crippen molar-refractivity contribution in [1.82, 2.24) is 0 Å². The smallest absolute Gasteiger partial charge is 0.376 e. The molecule has 8 heteroatoms. The van der Waals surface area contributed by atoms with E-state index in [0.29, 0.717) is 0 Å². The Bertz CT molecular complexity index is 404.